The smallest absolute Gasteiger partial charge is 0.275 e. The minimum Gasteiger partial charge on any atom is -0.288 e. The molecule has 0 saturated heterocycles. The molecule has 88 valence electrons. The summed E-state index contributed by atoms with van der Waals surface area (Å²) >= 11 is 0. The van der Waals surface area contributed by atoms with E-state index in [0.717, 1.165) is 5.56 Å². The van der Waals surface area contributed by atoms with Crippen LogP contribution in [0, 0.1) is 11.8 Å². The van der Waals surface area contributed by atoms with Crippen molar-refractivity contribution < 1.29 is 10.0 Å². The van der Waals surface area contributed by atoms with Gasteiger partial charge in [0.15, 0.2) is 0 Å². The lowest BCUT2D eigenvalue weighted by atomic mass is 10.1. The summed E-state index contributed by atoms with van der Waals surface area (Å²) in [7, 11) is 0. The van der Waals surface area contributed by atoms with E-state index in [4.69, 9.17) is 5.21 Å². The van der Waals surface area contributed by atoms with E-state index >= 15 is 0 Å². The van der Waals surface area contributed by atoms with E-state index in [9.17, 15) is 4.79 Å². The van der Waals surface area contributed by atoms with Crippen LogP contribution in [-0.4, -0.2) is 11.1 Å². The largest absolute Gasteiger partial charge is 0.288 e. The number of carbonyl (C=O) groups is 1. The quantitative estimate of drug-likeness (QED) is 0.454. The molecule has 2 aromatic carbocycles. The second-order valence-corrected chi connectivity index (χ2v) is 3.60. The maximum atomic E-state index is 11.4. The van der Waals surface area contributed by atoms with Gasteiger partial charge in [-0.05, 0) is 24.3 Å². The summed E-state index contributed by atoms with van der Waals surface area (Å²) in [5.41, 5.74) is 3.41. The topological polar surface area (TPSA) is 49.3 Å². The lowest BCUT2D eigenvalue weighted by Gasteiger charge is -2.00. The normalized spacial score (nSPS) is 9.17. The summed E-state index contributed by atoms with van der Waals surface area (Å²) < 4.78 is 0. The molecule has 0 aliphatic carbocycles. The summed E-state index contributed by atoms with van der Waals surface area (Å²) in [5.74, 6) is 5.33. The van der Waals surface area contributed by atoms with Gasteiger partial charge in [-0.1, -0.05) is 42.2 Å². The Bertz CT molecular complexity index is 609. The number of hydrogen-bond donors (Lipinski definition) is 2. The molecule has 0 unspecified atom stereocenters. The molecule has 2 N–H and O–H groups in total. The predicted molar refractivity (Wildman–Crippen MR) is 68.1 cm³/mol. The van der Waals surface area contributed by atoms with Gasteiger partial charge in [0.25, 0.3) is 5.91 Å². The number of amides is 1. The number of hydrogen-bond acceptors (Lipinski definition) is 2. The summed E-state index contributed by atoms with van der Waals surface area (Å²) in [4.78, 5) is 11.4. The highest BCUT2D eigenvalue weighted by Crippen LogP contribution is 2.07. The predicted octanol–water partition coefficient (Wildman–Crippen LogP) is 2.21. The molecule has 3 heteroatoms. The average molecular weight is 237 g/mol. The lowest BCUT2D eigenvalue weighted by molar-refractivity contribution is 0.0706. The monoisotopic (exact) mass is 237 g/mol. The van der Waals surface area contributed by atoms with Crippen LogP contribution >= 0.6 is 0 Å². The molecule has 2 aromatic rings. The van der Waals surface area contributed by atoms with Crippen LogP contribution in [-0.2, 0) is 0 Å². The number of nitrogens with one attached hydrogen (secondary N) is 1. The molecule has 0 atom stereocenters. The number of carbonyl (C=O) groups excluding carboxylic acids is 1. The molecule has 0 saturated carbocycles. The lowest BCUT2D eigenvalue weighted by Crippen LogP contribution is -2.19. The van der Waals surface area contributed by atoms with Crippen LogP contribution < -0.4 is 5.48 Å². The van der Waals surface area contributed by atoms with E-state index in [1.165, 1.54) is 0 Å². The molecule has 2 rings (SSSR count). The highest BCUT2D eigenvalue weighted by atomic mass is 16.5. The van der Waals surface area contributed by atoms with E-state index in [0.29, 0.717) is 11.1 Å². The Morgan fingerprint density at radius 2 is 1.61 bits per heavy atom. The van der Waals surface area contributed by atoms with Gasteiger partial charge in [-0.3, -0.25) is 10.0 Å². The average Bonchev–Trinajstić information content (AvgIpc) is 2.45. The van der Waals surface area contributed by atoms with Crippen molar-refractivity contribution in [2.24, 2.45) is 0 Å². The molecule has 0 fully saturated rings. The molecule has 18 heavy (non-hydrogen) atoms. The van der Waals surface area contributed by atoms with Crippen LogP contribution in [0.25, 0.3) is 0 Å². The summed E-state index contributed by atoms with van der Waals surface area (Å²) in [6.07, 6.45) is 0. The van der Waals surface area contributed by atoms with Crippen LogP contribution in [0.4, 0.5) is 0 Å². The van der Waals surface area contributed by atoms with Gasteiger partial charge < -0.3 is 0 Å². The Morgan fingerprint density at radius 1 is 0.944 bits per heavy atom. The summed E-state index contributed by atoms with van der Waals surface area (Å²) in [6, 6.07) is 16.4. The van der Waals surface area contributed by atoms with Gasteiger partial charge in [0.2, 0.25) is 0 Å². The van der Waals surface area contributed by atoms with Crippen LogP contribution in [0.1, 0.15) is 21.5 Å². The van der Waals surface area contributed by atoms with E-state index < -0.39 is 5.91 Å². The van der Waals surface area contributed by atoms with E-state index in [-0.39, 0.29) is 0 Å². The summed E-state index contributed by atoms with van der Waals surface area (Å²) in [5, 5.41) is 8.65. The fourth-order valence-corrected chi connectivity index (χ4v) is 1.51. The Kier molecular flexibility index (Phi) is 3.75. The maximum absolute atomic E-state index is 11.4. The van der Waals surface area contributed by atoms with Gasteiger partial charge >= 0.3 is 0 Å². The molecule has 3 nitrogen and oxygen atoms in total. The highest BCUT2D eigenvalue weighted by Gasteiger charge is 2.07. The number of benzene rings is 2. The van der Waals surface area contributed by atoms with E-state index in [2.05, 4.69) is 11.8 Å². The zero-order valence-corrected chi connectivity index (χ0v) is 9.55. The van der Waals surface area contributed by atoms with Crippen molar-refractivity contribution in [3.63, 3.8) is 0 Å². The maximum Gasteiger partial charge on any atom is 0.275 e. The van der Waals surface area contributed by atoms with Gasteiger partial charge in [0, 0.05) is 11.1 Å². The SMILES string of the molecule is O=C(NO)c1ccccc1C#Cc1ccccc1. The van der Waals surface area contributed by atoms with Crippen LogP contribution in [0.15, 0.2) is 54.6 Å². The molecule has 0 spiro atoms. The van der Waals surface area contributed by atoms with Gasteiger partial charge in [-0.25, -0.2) is 5.48 Å². The Hall–Kier alpha value is -2.57. The first-order valence-electron chi connectivity index (χ1n) is 5.42. The van der Waals surface area contributed by atoms with Crippen LogP contribution in [0.2, 0.25) is 0 Å². The van der Waals surface area contributed by atoms with Crippen molar-refractivity contribution in [3.8, 4) is 11.8 Å². The summed E-state index contributed by atoms with van der Waals surface area (Å²) in [6.45, 7) is 0. The van der Waals surface area contributed by atoms with E-state index in [1.807, 2.05) is 30.3 Å². The number of hydroxylamine groups is 1. The van der Waals surface area contributed by atoms with Gasteiger partial charge in [0.05, 0.1) is 5.56 Å². The fourth-order valence-electron chi connectivity index (χ4n) is 1.51. The van der Waals surface area contributed by atoms with Crippen molar-refractivity contribution >= 4 is 5.91 Å². The first-order chi connectivity index (χ1) is 8.81. The molecular formula is C15H11NO2. The Labute approximate surface area is 105 Å². The zero-order valence-electron chi connectivity index (χ0n) is 9.55. The molecule has 0 heterocycles. The molecule has 0 aliphatic rings. The second kappa shape index (κ2) is 5.67. The molecule has 0 radical (unpaired) electrons. The third kappa shape index (κ3) is 2.76. The molecule has 0 bridgehead atoms. The molecule has 0 aromatic heterocycles. The van der Waals surface area contributed by atoms with Crippen LogP contribution in [0.5, 0.6) is 0 Å². The van der Waals surface area contributed by atoms with Crippen molar-refractivity contribution in [3.05, 3.63) is 71.3 Å². The molecule has 0 aliphatic heterocycles. The van der Waals surface area contributed by atoms with Gasteiger partial charge in [-0.15, -0.1) is 0 Å². The fraction of sp³-hybridized carbons (Fsp3) is 0. The van der Waals surface area contributed by atoms with Crippen molar-refractivity contribution in [2.45, 2.75) is 0 Å². The molecule has 1 amide bonds. The first-order valence-corrected chi connectivity index (χ1v) is 5.42. The Morgan fingerprint density at radius 3 is 2.33 bits per heavy atom. The first kappa shape index (κ1) is 11.9. The molecular weight excluding hydrogens is 226 g/mol. The van der Waals surface area contributed by atoms with Gasteiger partial charge in [0.1, 0.15) is 0 Å². The van der Waals surface area contributed by atoms with Gasteiger partial charge in [-0.2, -0.15) is 0 Å². The number of rotatable bonds is 1. The minimum atomic E-state index is -0.562. The zero-order chi connectivity index (χ0) is 12.8. The van der Waals surface area contributed by atoms with Crippen molar-refractivity contribution in [2.75, 3.05) is 0 Å². The highest BCUT2D eigenvalue weighted by molar-refractivity contribution is 5.95. The van der Waals surface area contributed by atoms with E-state index in [1.54, 1.807) is 29.7 Å². The second-order valence-electron chi connectivity index (χ2n) is 3.60. The third-order valence-corrected chi connectivity index (χ3v) is 2.39. The van der Waals surface area contributed by atoms with Crippen molar-refractivity contribution in [1.29, 1.82) is 0 Å². The third-order valence-electron chi connectivity index (χ3n) is 2.39. The minimum absolute atomic E-state index is 0.350. The van der Waals surface area contributed by atoms with Crippen LogP contribution in [0.3, 0.4) is 0 Å². The van der Waals surface area contributed by atoms with Crippen molar-refractivity contribution in [1.82, 2.24) is 5.48 Å². The Balaban J connectivity index is 2.36. The standard InChI is InChI=1S/C15H11NO2/c17-15(16-18)14-9-5-4-8-13(14)11-10-12-6-2-1-3-7-12/h1-9,18H,(H,16,17).